The number of nitrogens with zero attached hydrogens (tertiary/aromatic N) is 4. The van der Waals surface area contributed by atoms with Crippen LogP contribution >= 0.6 is 0 Å². The van der Waals surface area contributed by atoms with Gasteiger partial charge in [0.15, 0.2) is 5.96 Å². The summed E-state index contributed by atoms with van der Waals surface area (Å²) in [5, 5.41) is 3.38. The molecule has 28 heavy (non-hydrogen) atoms. The minimum Gasteiger partial charge on any atom is -0.497 e. The maximum Gasteiger partial charge on any atom is 0.224 e. The molecule has 0 spiro atoms. The van der Waals surface area contributed by atoms with Crippen LogP contribution in [0.1, 0.15) is 26.2 Å². The van der Waals surface area contributed by atoms with E-state index in [1.54, 1.807) is 7.11 Å². The SMILES string of the molecule is CCNC(=NCCC(=O)N1CCCC1)N1CCN(c2ccc(OC)cc2)CC1. The molecule has 154 valence electrons. The second-order valence-electron chi connectivity index (χ2n) is 7.25. The van der Waals surface area contributed by atoms with Crippen LogP contribution in [0.2, 0.25) is 0 Å². The molecular formula is C21H33N5O2. The monoisotopic (exact) mass is 387 g/mol. The van der Waals surface area contributed by atoms with E-state index in [0.29, 0.717) is 13.0 Å². The van der Waals surface area contributed by atoms with Crippen LogP contribution in [0.4, 0.5) is 5.69 Å². The molecule has 0 unspecified atom stereocenters. The summed E-state index contributed by atoms with van der Waals surface area (Å²) in [6.07, 6.45) is 2.77. The van der Waals surface area contributed by atoms with Crippen LogP contribution in [0.3, 0.4) is 0 Å². The number of likely N-dealkylation sites (tertiary alicyclic amines) is 1. The Morgan fingerprint density at radius 1 is 1.04 bits per heavy atom. The van der Waals surface area contributed by atoms with Gasteiger partial charge in [-0.25, -0.2) is 0 Å². The van der Waals surface area contributed by atoms with Crippen LogP contribution in [-0.4, -0.2) is 81.1 Å². The molecule has 2 heterocycles. The lowest BCUT2D eigenvalue weighted by atomic mass is 10.2. The molecule has 7 nitrogen and oxygen atoms in total. The maximum atomic E-state index is 12.2. The maximum absolute atomic E-state index is 12.2. The van der Waals surface area contributed by atoms with E-state index in [1.807, 2.05) is 17.0 Å². The van der Waals surface area contributed by atoms with E-state index in [9.17, 15) is 4.79 Å². The Morgan fingerprint density at radius 3 is 2.32 bits per heavy atom. The summed E-state index contributed by atoms with van der Waals surface area (Å²) in [5.41, 5.74) is 1.22. The van der Waals surface area contributed by atoms with Crippen molar-refractivity contribution in [2.75, 3.05) is 64.4 Å². The molecule has 2 fully saturated rings. The molecule has 1 aromatic carbocycles. The number of benzene rings is 1. The third-order valence-corrected chi connectivity index (χ3v) is 5.40. The molecule has 2 aliphatic heterocycles. The van der Waals surface area contributed by atoms with E-state index < -0.39 is 0 Å². The van der Waals surface area contributed by atoms with Crippen LogP contribution in [0.15, 0.2) is 29.3 Å². The highest BCUT2D eigenvalue weighted by molar-refractivity contribution is 5.81. The van der Waals surface area contributed by atoms with Crippen LogP contribution in [0.25, 0.3) is 0 Å². The molecule has 2 saturated heterocycles. The molecule has 1 N–H and O–H groups in total. The van der Waals surface area contributed by atoms with Gasteiger partial charge in [-0.05, 0) is 44.0 Å². The average molecular weight is 388 g/mol. The highest BCUT2D eigenvalue weighted by Crippen LogP contribution is 2.20. The normalized spacial score (nSPS) is 17.8. The molecule has 1 aromatic rings. The molecule has 0 bridgehead atoms. The van der Waals surface area contributed by atoms with E-state index in [0.717, 1.165) is 70.4 Å². The van der Waals surface area contributed by atoms with E-state index >= 15 is 0 Å². The van der Waals surface area contributed by atoms with Crippen molar-refractivity contribution in [3.63, 3.8) is 0 Å². The lowest BCUT2D eigenvalue weighted by Gasteiger charge is -2.37. The minimum absolute atomic E-state index is 0.237. The zero-order valence-electron chi connectivity index (χ0n) is 17.2. The van der Waals surface area contributed by atoms with Gasteiger partial charge in [-0.1, -0.05) is 0 Å². The molecule has 1 amide bonds. The summed E-state index contributed by atoms with van der Waals surface area (Å²) < 4.78 is 5.24. The molecular weight excluding hydrogens is 354 g/mol. The highest BCUT2D eigenvalue weighted by Gasteiger charge is 2.21. The van der Waals surface area contributed by atoms with Gasteiger partial charge in [0, 0.05) is 57.9 Å². The first-order chi connectivity index (χ1) is 13.7. The number of anilines is 1. The fourth-order valence-electron chi connectivity index (χ4n) is 3.78. The lowest BCUT2D eigenvalue weighted by Crippen LogP contribution is -2.52. The summed E-state index contributed by atoms with van der Waals surface area (Å²) in [6, 6.07) is 8.23. The van der Waals surface area contributed by atoms with Crippen LogP contribution in [-0.2, 0) is 4.79 Å². The van der Waals surface area contributed by atoms with E-state index in [1.165, 1.54) is 5.69 Å². The molecule has 0 aliphatic carbocycles. The Kier molecular flexibility index (Phi) is 7.39. The minimum atomic E-state index is 0.237. The van der Waals surface area contributed by atoms with Crippen molar-refractivity contribution < 1.29 is 9.53 Å². The number of hydrogen-bond acceptors (Lipinski definition) is 4. The van der Waals surface area contributed by atoms with E-state index in [-0.39, 0.29) is 5.91 Å². The van der Waals surface area contributed by atoms with Crippen molar-refractivity contribution in [1.82, 2.24) is 15.1 Å². The summed E-state index contributed by atoms with van der Waals surface area (Å²) in [6.45, 7) is 9.01. The summed E-state index contributed by atoms with van der Waals surface area (Å²) in [5.74, 6) is 2.04. The highest BCUT2D eigenvalue weighted by atomic mass is 16.5. The Balaban J connectivity index is 1.50. The quantitative estimate of drug-likeness (QED) is 0.596. The summed E-state index contributed by atoms with van der Waals surface area (Å²) in [7, 11) is 1.69. The Bertz CT molecular complexity index is 647. The number of carbonyl (C=O) groups excluding carboxylic acids is 1. The van der Waals surface area contributed by atoms with Gasteiger partial charge in [-0.2, -0.15) is 0 Å². The molecule has 3 rings (SSSR count). The fraction of sp³-hybridized carbons (Fsp3) is 0.619. The largest absolute Gasteiger partial charge is 0.497 e. The molecule has 0 aromatic heterocycles. The van der Waals surface area contributed by atoms with Gasteiger partial charge in [0.25, 0.3) is 0 Å². The topological polar surface area (TPSA) is 60.4 Å². The van der Waals surface area contributed by atoms with Gasteiger partial charge in [-0.15, -0.1) is 0 Å². The third-order valence-electron chi connectivity index (χ3n) is 5.40. The van der Waals surface area contributed by atoms with E-state index in [2.05, 4.69) is 34.2 Å². The Morgan fingerprint density at radius 2 is 1.71 bits per heavy atom. The predicted octanol–water partition coefficient (Wildman–Crippen LogP) is 1.80. The van der Waals surface area contributed by atoms with Crippen molar-refractivity contribution in [3.8, 4) is 5.75 Å². The number of piperazine rings is 1. The van der Waals surface area contributed by atoms with Crippen LogP contribution in [0, 0.1) is 0 Å². The Hall–Kier alpha value is -2.44. The van der Waals surface area contributed by atoms with Crippen molar-refractivity contribution in [1.29, 1.82) is 0 Å². The number of ether oxygens (including phenoxy) is 1. The van der Waals surface area contributed by atoms with Gasteiger partial charge >= 0.3 is 0 Å². The molecule has 0 saturated carbocycles. The zero-order valence-corrected chi connectivity index (χ0v) is 17.2. The first kappa shape index (κ1) is 20.3. The van der Waals surface area contributed by atoms with Crippen molar-refractivity contribution >= 4 is 17.6 Å². The number of guanidine groups is 1. The first-order valence-electron chi connectivity index (χ1n) is 10.4. The smallest absolute Gasteiger partial charge is 0.224 e. The number of aliphatic imine (C=N–C) groups is 1. The molecule has 7 heteroatoms. The number of carbonyl (C=O) groups is 1. The molecule has 0 atom stereocenters. The number of methoxy groups -OCH3 is 1. The van der Waals surface area contributed by atoms with Crippen molar-refractivity contribution in [2.24, 2.45) is 4.99 Å². The predicted molar refractivity (Wildman–Crippen MR) is 113 cm³/mol. The van der Waals surface area contributed by atoms with Crippen molar-refractivity contribution in [3.05, 3.63) is 24.3 Å². The number of hydrogen-bond donors (Lipinski definition) is 1. The second kappa shape index (κ2) is 10.2. The molecule has 2 aliphatic rings. The van der Waals surface area contributed by atoms with Gasteiger partial charge in [0.1, 0.15) is 5.75 Å². The lowest BCUT2D eigenvalue weighted by molar-refractivity contribution is -0.129. The summed E-state index contributed by atoms with van der Waals surface area (Å²) >= 11 is 0. The average Bonchev–Trinajstić information content (AvgIpc) is 3.28. The van der Waals surface area contributed by atoms with Gasteiger partial charge < -0.3 is 24.8 Å². The standard InChI is InChI=1S/C21H33N5O2/c1-3-22-21(23-11-10-20(27)25-12-4-5-13-25)26-16-14-24(15-17-26)18-6-8-19(28-2)9-7-18/h6-9H,3-5,10-17H2,1-2H3,(H,22,23). The zero-order chi connectivity index (χ0) is 19.8. The van der Waals surface area contributed by atoms with Crippen LogP contribution in [0.5, 0.6) is 5.75 Å². The van der Waals surface area contributed by atoms with Crippen LogP contribution < -0.4 is 15.0 Å². The first-order valence-corrected chi connectivity index (χ1v) is 10.4. The van der Waals surface area contributed by atoms with E-state index in [4.69, 9.17) is 9.73 Å². The number of amides is 1. The second-order valence-corrected chi connectivity index (χ2v) is 7.25. The summed E-state index contributed by atoms with van der Waals surface area (Å²) in [4.78, 5) is 23.6. The number of rotatable bonds is 6. The fourth-order valence-corrected chi connectivity index (χ4v) is 3.78. The number of nitrogens with one attached hydrogen (secondary N) is 1. The Labute approximate surface area is 168 Å². The van der Waals surface area contributed by atoms with Crippen molar-refractivity contribution in [2.45, 2.75) is 26.2 Å². The molecule has 0 radical (unpaired) electrons. The van der Waals surface area contributed by atoms with Gasteiger partial charge in [0.05, 0.1) is 13.7 Å². The van der Waals surface area contributed by atoms with Gasteiger partial charge in [-0.3, -0.25) is 9.79 Å². The third kappa shape index (κ3) is 5.30. The van der Waals surface area contributed by atoms with Gasteiger partial charge in [0.2, 0.25) is 5.91 Å².